The van der Waals surface area contributed by atoms with E-state index < -0.39 is 0 Å². The van der Waals surface area contributed by atoms with E-state index in [-0.39, 0.29) is 19.1 Å². The van der Waals surface area contributed by atoms with Gasteiger partial charge in [0.15, 0.2) is 0 Å². The average molecular weight is 470 g/mol. The van der Waals surface area contributed by atoms with Gasteiger partial charge in [0.25, 0.3) is 0 Å². The average Bonchev–Trinajstić information content (AvgIpc) is 3.12. The Morgan fingerprint density at radius 2 is 1.81 bits per heavy atom. The largest absolute Gasteiger partial charge is 0.494 e. The van der Waals surface area contributed by atoms with Gasteiger partial charge in [-0.1, -0.05) is 35.3 Å². The highest BCUT2D eigenvalue weighted by molar-refractivity contribution is 6.35. The number of hydrogen-bond donors (Lipinski definition) is 1. The maximum atomic E-state index is 12.8. The van der Waals surface area contributed by atoms with E-state index in [0.717, 1.165) is 16.8 Å². The van der Waals surface area contributed by atoms with Gasteiger partial charge < -0.3 is 19.4 Å². The second-order valence-electron chi connectivity index (χ2n) is 6.97. The third kappa shape index (κ3) is 5.15. The van der Waals surface area contributed by atoms with E-state index in [4.69, 9.17) is 32.7 Å². The predicted molar refractivity (Wildman–Crippen MR) is 127 cm³/mol. The minimum absolute atomic E-state index is 0.0841. The van der Waals surface area contributed by atoms with Crippen LogP contribution >= 0.6 is 23.2 Å². The molecule has 4 aromatic rings. The van der Waals surface area contributed by atoms with E-state index in [1.807, 2.05) is 60.0 Å². The first-order chi connectivity index (χ1) is 15.5. The van der Waals surface area contributed by atoms with Crippen molar-refractivity contribution in [1.82, 2.24) is 9.55 Å². The van der Waals surface area contributed by atoms with Crippen molar-refractivity contribution in [3.05, 3.63) is 82.6 Å². The highest BCUT2D eigenvalue weighted by Gasteiger charge is 2.15. The lowest BCUT2D eigenvalue weighted by Crippen LogP contribution is -2.20. The molecule has 0 aliphatic carbocycles. The third-order valence-corrected chi connectivity index (χ3v) is 5.27. The molecule has 8 heteroatoms. The second kappa shape index (κ2) is 9.94. The molecule has 0 fully saturated rings. The van der Waals surface area contributed by atoms with Crippen molar-refractivity contribution in [2.45, 2.75) is 20.1 Å². The number of carbonyl (C=O) groups is 1. The Labute approximate surface area is 195 Å². The maximum Gasteiger partial charge on any atom is 0.244 e. The van der Waals surface area contributed by atoms with Crippen molar-refractivity contribution in [3.63, 3.8) is 0 Å². The van der Waals surface area contributed by atoms with Crippen LogP contribution in [0.15, 0.2) is 66.7 Å². The summed E-state index contributed by atoms with van der Waals surface area (Å²) in [4.78, 5) is 17.4. The summed E-state index contributed by atoms with van der Waals surface area (Å²) in [7, 11) is 0. The van der Waals surface area contributed by atoms with Crippen LogP contribution < -0.4 is 14.8 Å². The maximum absolute atomic E-state index is 12.8. The van der Waals surface area contributed by atoms with Crippen LogP contribution in [-0.2, 0) is 17.9 Å². The van der Waals surface area contributed by atoms with Gasteiger partial charge in [-0.25, -0.2) is 4.98 Å². The molecular formula is C24H21Cl2N3O3. The number of hydrogen-bond acceptors (Lipinski definition) is 4. The number of aromatic nitrogens is 2. The Balaban J connectivity index is 1.52. The first-order valence-corrected chi connectivity index (χ1v) is 10.8. The molecule has 1 N–H and O–H groups in total. The number of nitrogens with one attached hydrogen (secondary N) is 1. The molecule has 0 aliphatic rings. The fourth-order valence-corrected chi connectivity index (χ4v) is 3.75. The van der Waals surface area contributed by atoms with E-state index in [1.165, 1.54) is 0 Å². The lowest BCUT2D eigenvalue weighted by molar-refractivity contribution is -0.116. The van der Waals surface area contributed by atoms with Crippen LogP contribution in [0.1, 0.15) is 12.7 Å². The number of benzene rings is 3. The Bertz CT molecular complexity index is 1240. The van der Waals surface area contributed by atoms with E-state index >= 15 is 0 Å². The Hall–Kier alpha value is -3.22. The number of anilines is 1. The van der Waals surface area contributed by atoms with Crippen molar-refractivity contribution < 1.29 is 14.3 Å². The summed E-state index contributed by atoms with van der Waals surface area (Å²) in [6, 6.07) is 19.9. The summed E-state index contributed by atoms with van der Waals surface area (Å²) in [5.74, 6) is 1.68. The summed E-state index contributed by atoms with van der Waals surface area (Å²) in [6.45, 7) is 2.74. The minimum atomic E-state index is -0.178. The number of imidazole rings is 1. The van der Waals surface area contributed by atoms with Crippen molar-refractivity contribution in [3.8, 4) is 11.5 Å². The third-order valence-electron chi connectivity index (χ3n) is 4.74. The molecule has 0 spiro atoms. The second-order valence-corrected chi connectivity index (χ2v) is 7.82. The van der Waals surface area contributed by atoms with Gasteiger partial charge in [-0.15, -0.1) is 0 Å². The number of halogens is 2. The van der Waals surface area contributed by atoms with Crippen molar-refractivity contribution in [1.29, 1.82) is 0 Å². The first kappa shape index (κ1) is 22.0. The van der Waals surface area contributed by atoms with Crippen LogP contribution in [0, 0.1) is 0 Å². The van der Waals surface area contributed by atoms with Crippen molar-refractivity contribution in [2.75, 3.05) is 11.9 Å². The highest BCUT2D eigenvalue weighted by atomic mass is 35.5. The molecule has 1 heterocycles. The Morgan fingerprint density at radius 3 is 2.56 bits per heavy atom. The van der Waals surface area contributed by atoms with Gasteiger partial charge in [-0.3, -0.25) is 4.79 Å². The van der Waals surface area contributed by atoms with Gasteiger partial charge in [0.05, 0.1) is 22.7 Å². The quantitative estimate of drug-likeness (QED) is 0.345. The molecule has 1 amide bonds. The molecule has 4 rings (SSSR count). The SMILES string of the molecule is CCOc1ccc(NC(=O)Cn2c(COc3ccc(Cl)cc3Cl)nc3ccccc32)cc1. The molecule has 0 atom stereocenters. The number of carbonyl (C=O) groups excluding carboxylic acids is 1. The standard InChI is InChI=1S/C24H21Cl2N3O3/c1-2-31-18-10-8-17(9-11-18)27-24(30)14-29-21-6-4-3-5-20(21)28-23(29)15-32-22-12-7-16(25)13-19(22)26/h3-13H,2,14-15H2,1H3,(H,27,30). The van der Waals surface area contributed by atoms with Crippen LogP contribution in [0.2, 0.25) is 10.0 Å². The van der Waals surface area contributed by atoms with Gasteiger partial charge in [-0.2, -0.15) is 0 Å². The first-order valence-electron chi connectivity index (χ1n) is 10.1. The number of para-hydroxylation sites is 2. The smallest absolute Gasteiger partial charge is 0.244 e. The molecule has 6 nitrogen and oxygen atoms in total. The molecule has 0 bridgehead atoms. The fourth-order valence-electron chi connectivity index (χ4n) is 3.29. The summed E-state index contributed by atoms with van der Waals surface area (Å²) in [5.41, 5.74) is 2.31. The topological polar surface area (TPSA) is 65.4 Å². The molecular weight excluding hydrogens is 449 g/mol. The highest BCUT2D eigenvalue weighted by Crippen LogP contribution is 2.28. The molecule has 0 radical (unpaired) electrons. The van der Waals surface area contributed by atoms with Gasteiger partial charge in [0.1, 0.15) is 30.5 Å². The van der Waals surface area contributed by atoms with Gasteiger partial charge in [-0.05, 0) is 61.5 Å². The van der Waals surface area contributed by atoms with Crippen LogP contribution in [0.5, 0.6) is 11.5 Å². The number of nitrogens with zero attached hydrogens (tertiary/aromatic N) is 2. The normalized spacial score (nSPS) is 10.8. The predicted octanol–water partition coefficient (Wildman–Crippen LogP) is 5.96. The molecule has 164 valence electrons. The van der Waals surface area contributed by atoms with Gasteiger partial charge in [0, 0.05) is 10.7 Å². The van der Waals surface area contributed by atoms with E-state index in [0.29, 0.717) is 33.9 Å². The van der Waals surface area contributed by atoms with E-state index in [1.54, 1.807) is 18.2 Å². The molecule has 3 aromatic carbocycles. The van der Waals surface area contributed by atoms with E-state index in [9.17, 15) is 4.79 Å². The number of fused-ring (bicyclic) bond motifs is 1. The lowest BCUT2D eigenvalue weighted by atomic mass is 10.3. The molecule has 0 aliphatic heterocycles. The van der Waals surface area contributed by atoms with Crippen LogP contribution in [-0.4, -0.2) is 22.1 Å². The number of amides is 1. The monoisotopic (exact) mass is 469 g/mol. The Kier molecular flexibility index (Phi) is 6.83. The number of ether oxygens (including phenoxy) is 2. The molecule has 0 saturated heterocycles. The minimum Gasteiger partial charge on any atom is -0.494 e. The van der Waals surface area contributed by atoms with Crippen LogP contribution in [0.4, 0.5) is 5.69 Å². The van der Waals surface area contributed by atoms with Gasteiger partial charge in [0.2, 0.25) is 5.91 Å². The van der Waals surface area contributed by atoms with Crippen LogP contribution in [0.25, 0.3) is 11.0 Å². The molecule has 32 heavy (non-hydrogen) atoms. The lowest BCUT2D eigenvalue weighted by Gasteiger charge is -2.12. The summed E-state index contributed by atoms with van der Waals surface area (Å²) < 4.78 is 13.1. The Morgan fingerprint density at radius 1 is 1.03 bits per heavy atom. The zero-order valence-corrected chi connectivity index (χ0v) is 18.9. The van der Waals surface area contributed by atoms with Crippen molar-refractivity contribution >= 4 is 45.8 Å². The van der Waals surface area contributed by atoms with Crippen molar-refractivity contribution in [2.24, 2.45) is 0 Å². The summed E-state index contributed by atoms with van der Waals surface area (Å²) in [5, 5.41) is 3.85. The fraction of sp³-hybridized carbons (Fsp3) is 0.167. The molecule has 1 aromatic heterocycles. The van der Waals surface area contributed by atoms with Crippen LogP contribution in [0.3, 0.4) is 0 Å². The zero-order chi connectivity index (χ0) is 22.5. The van der Waals surface area contributed by atoms with E-state index in [2.05, 4.69) is 10.3 Å². The molecule has 0 saturated carbocycles. The number of rotatable bonds is 8. The summed E-state index contributed by atoms with van der Waals surface area (Å²) in [6.07, 6.45) is 0. The molecule has 0 unspecified atom stereocenters. The summed E-state index contributed by atoms with van der Waals surface area (Å²) >= 11 is 12.2. The van der Waals surface area contributed by atoms with Gasteiger partial charge >= 0.3 is 0 Å². The zero-order valence-electron chi connectivity index (χ0n) is 17.3.